The summed E-state index contributed by atoms with van der Waals surface area (Å²) in [6.07, 6.45) is 0. The Morgan fingerprint density at radius 2 is 1.00 bits per heavy atom. The SMILES string of the molecule is Cl.Cl.[AlH3].[Ca+2].[H-].[H-]. The van der Waals surface area contributed by atoms with Crippen LogP contribution in [0.15, 0.2) is 0 Å². The van der Waals surface area contributed by atoms with E-state index in [9.17, 15) is 0 Å². The van der Waals surface area contributed by atoms with Crippen LogP contribution in [-0.4, -0.2) is 55.1 Å². The summed E-state index contributed by atoms with van der Waals surface area (Å²) in [5.41, 5.74) is 0. The van der Waals surface area contributed by atoms with Crippen molar-refractivity contribution in [2.24, 2.45) is 0 Å². The average molecular weight is 145 g/mol. The maximum atomic E-state index is 0. The summed E-state index contributed by atoms with van der Waals surface area (Å²) in [4.78, 5) is 0. The van der Waals surface area contributed by atoms with E-state index in [0.29, 0.717) is 0 Å². The van der Waals surface area contributed by atoms with Crippen molar-refractivity contribution in [1.82, 2.24) is 0 Å². The Balaban J connectivity index is 0. The molecular formula is H7AlCaCl2. The summed E-state index contributed by atoms with van der Waals surface area (Å²) in [7, 11) is 0. The second-order valence-corrected chi connectivity index (χ2v) is 0. The molecule has 0 bridgehead atoms. The van der Waals surface area contributed by atoms with Crippen LogP contribution in [0.2, 0.25) is 0 Å². The zero-order valence-electron chi connectivity index (χ0n) is 3.52. The van der Waals surface area contributed by atoms with Gasteiger partial charge in [0.05, 0.1) is 0 Å². The van der Waals surface area contributed by atoms with Gasteiger partial charge in [-0.3, -0.25) is 0 Å². The fraction of sp³-hybridized carbons (Fsp3) is 0. The van der Waals surface area contributed by atoms with Gasteiger partial charge in [-0.25, -0.2) is 0 Å². The molecule has 0 aromatic carbocycles. The van der Waals surface area contributed by atoms with Gasteiger partial charge in [0.25, 0.3) is 0 Å². The van der Waals surface area contributed by atoms with Crippen molar-refractivity contribution in [3.8, 4) is 0 Å². The molecule has 26 valence electrons. The molecule has 0 heterocycles. The molecule has 0 aromatic heterocycles. The normalized spacial score (nSPS) is 0. The molecule has 0 atom stereocenters. The molecule has 0 amide bonds. The summed E-state index contributed by atoms with van der Waals surface area (Å²) >= 11 is 0. The van der Waals surface area contributed by atoms with Gasteiger partial charge in [-0.1, -0.05) is 0 Å². The first-order valence-corrected chi connectivity index (χ1v) is 0. The first-order chi connectivity index (χ1) is 0. The van der Waals surface area contributed by atoms with E-state index in [4.69, 9.17) is 0 Å². The van der Waals surface area contributed by atoms with Crippen LogP contribution >= 0.6 is 24.8 Å². The topological polar surface area (TPSA) is 0 Å². The Morgan fingerprint density at radius 1 is 1.00 bits per heavy atom. The molecule has 0 radical (unpaired) electrons. The molecule has 0 saturated heterocycles. The van der Waals surface area contributed by atoms with Crippen LogP contribution in [0.25, 0.3) is 0 Å². The van der Waals surface area contributed by atoms with E-state index in [0.717, 1.165) is 0 Å². The predicted molar refractivity (Wildman–Crippen MR) is 32.4 cm³/mol. The second-order valence-electron chi connectivity index (χ2n) is 0. The third kappa shape index (κ3) is 8.84. The Hall–Kier alpha value is 2.37. The minimum absolute atomic E-state index is 0. The van der Waals surface area contributed by atoms with E-state index in [-0.39, 0.29) is 82.8 Å². The van der Waals surface area contributed by atoms with E-state index < -0.39 is 0 Å². The molecular weight excluding hydrogens is 138 g/mol. The standard InChI is InChI=1S/Al.Ca.2ClH.5H/h;;2*1H;;;;;/q;+2;;;;;;2*-1. The van der Waals surface area contributed by atoms with Crippen LogP contribution < -0.4 is 0 Å². The van der Waals surface area contributed by atoms with Gasteiger partial charge >= 0.3 is 37.7 Å². The molecule has 0 rings (SSSR count). The minimum Gasteiger partial charge on any atom is -1.00 e. The van der Waals surface area contributed by atoms with Crippen LogP contribution in [0, 0.1) is 0 Å². The molecule has 0 saturated carbocycles. The van der Waals surface area contributed by atoms with Crippen molar-refractivity contribution in [3.05, 3.63) is 0 Å². The fourth-order valence-corrected chi connectivity index (χ4v) is 0. The zero-order valence-corrected chi connectivity index (χ0v) is 5.36. The van der Waals surface area contributed by atoms with Crippen molar-refractivity contribution in [2.75, 3.05) is 0 Å². The van der Waals surface area contributed by atoms with Gasteiger partial charge in [-0.15, -0.1) is 24.8 Å². The maximum Gasteiger partial charge on any atom is 2.00 e. The summed E-state index contributed by atoms with van der Waals surface area (Å²) < 4.78 is 0. The van der Waals surface area contributed by atoms with Gasteiger partial charge < -0.3 is 2.85 Å². The Labute approximate surface area is 81.6 Å². The Kier molecular flexibility index (Phi) is 149. The van der Waals surface area contributed by atoms with Gasteiger partial charge in [-0.2, -0.15) is 0 Å². The van der Waals surface area contributed by atoms with Gasteiger partial charge in [0.15, 0.2) is 17.4 Å². The predicted octanol–water partition coefficient (Wildman–Crippen LogP) is -0.496. The van der Waals surface area contributed by atoms with Crippen molar-refractivity contribution in [2.45, 2.75) is 0 Å². The fourth-order valence-electron chi connectivity index (χ4n) is 0. The molecule has 4 heteroatoms. The molecule has 0 unspecified atom stereocenters. The van der Waals surface area contributed by atoms with E-state index >= 15 is 0 Å². The number of hydrogen-bond acceptors (Lipinski definition) is 0. The summed E-state index contributed by atoms with van der Waals surface area (Å²) in [5.74, 6) is 0. The third-order valence-electron chi connectivity index (χ3n) is 0. The quantitative estimate of drug-likeness (QED) is 0.403. The number of halogens is 2. The molecule has 0 fully saturated rings. The molecule has 4 heavy (non-hydrogen) atoms. The monoisotopic (exact) mass is 144 g/mol. The van der Waals surface area contributed by atoms with Crippen molar-refractivity contribution < 1.29 is 2.85 Å². The number of rotatable bonds is 0. The van der Waals surface area contributed by atoms with Gasteiger partial charge in [0.2, 0.25) is 0 Å². The number of hydrogen-bond donors (Lipinski definition) is 0. The third-order valence-corrected chi connectivity index (χ3v) is 0. The van der Waals surface area contributed by atoms with Gasteiger partial charge in [0.1, 0.15) is 0 Å². The van der Waals surface area contributed by atoms with E-state index in [1.54, 1.807) is 0 Å². The average Bonchev–Trinajstić information content (AvgIpc) is 0. The summed E-state index contributed by atoms with van der Waals surface area (Å²) in [6, 6.07) is 0. The molecule has 0 aliphatic carbocycles. The molecule has 0 aliphatic heterocycles. The van der Waals surface area contributed by atoms with Crippen LogP contribution in [0.5, 0.6) is 0 Å². The summed E-state index contributed by atoms with van der Waals surface area (Å²) in [6.45, 7) is 0. The van der Waals surface area contributed by atoms with Gasteiger partial charge in [0, 0.05) is 0 Å². The van der Waals surface area contributed by atoms with Crippen molar-refractivity contribution >= 4 is 79.9 Å². The van der Waals surface area contributed by atoms with Crippen LogP contribution in [0.3, 0.4) is 0 Å². The zero-order chi connectivity index (χ0) is 0. The van der Waals surface area contributed by atoms with Crippen molar-refractivity contribution in [1.29, 1.82) is 0 Å². The first kappa shape index (κ1) is 32.7. The molecule has 0 spiro atoms. The smallest absolute Gasteiger partial charge is 1.00 e. The minimum atomic E-state index is 0. The van der Waals surface area contributed by atoms with E-state index in [2.05, 4.69) is 0 Å². The Morgan fingerprint density at radius 3 is 1.00 bits per heavy atom. The molecule has 0 N–H and O–H groups in total. The molecule has 0 nitrogen and oxygen atoms in total. The molecule has 0 aliphatic rings. The van der Waals surface area contributed by atoms with Crippen LogP contribution in [0.4, 0.5) is 0 Å². The summed E-state index contributed by atoms with van der Waals surface area (Å²) in [5, 5.41) is 0. The van der Waals surface area contributed by atoms with Crippen LogP contribution in [-0.2, 0) is 0 Å². The largest absolute Gasteiger partial charge is 2.00 e. The van der Waals surface area contributed by atoms with Gasteiger partial charge in [-0.05, 0) is 0 Å². The first-order valence-electron chi connectivity index (χ1n) is 0. The molecule has 0 aromatic rings. The van der Waals surface area contributed by atoms with Crippen LogP contribution in [0.1, 0.15) is 2.85 Å². The van der Waals surface area contributed by atoms with Crippen molar-refractivity contribution in [3.63, 3.8) is 0 Å². The van der Waals surface area contributed by atoms with E-state index in [1.165, 1.54) is 0 Å². The Bertz CT molecular complexity index is 11.5. The second kappa shape index (κ2) is 18.2. The van der Waals surface area contributed by atoms with E-state index in [1.807, 2.05) is 0 Å². The maximum absolute atomic E-state index is 0.